The number of methoxy groups -OCH3 is 1. The highest BCUT2D eigenvalue weighted by Crippen LogP contribution is 2.20. The minimum atomic E-state index is -3.38. The lowest BCUT2D eigenvalue weighted by Crippen LogP contribution is -2.39. The summed E-state index contributed by atoms with van der Waals surface area (Å²) in [5.41, 5.74) is 0. The molecule has 0 bridgehead atoms. The Hall–Kier alpha value is -1.45. The van der Waals surface area contributed by atoms with Crippen molar-refractivity contribution in [2.24, 2.45) is 0 Å². The maximum Gasteiger partial charge on any atom is 0.281 e. The molecule has 0 amide bonds. The van der Waals surface area contributed by atoms with E-state index < -0.39 is 10.2 Å². The van der Waals surface area contributed by atoms with Gasteiger partial charge in [0.1, 0.15) is 6.10 Å². The number of ether oxygens (including phenoxy) is 2. The van der Waals surface area contributed by atoms with Crippen LogP contribution in [0.1, 0.15) is 6.42 Å². The molecule has 2 heterocycles. The summed E-state index contributed by atoms with van der Waals surface area (Å²) in [6.07, 6.45) is 0.410. The van der Waals surface area contributed by atoms with Crippen molar-refractivity contribution in [2.75, 3.05) is 34.3 Å². The molecule has 1 aromatic heterocycles. The summed E-state index contributed by atoms with van der Waals surface area (Å²) >= 11 is 0. The molecule has 9 heteroatoms. The lowest BCUT2D eigenvalue weighted by molar-refractivity contribution is 0.202. The minimum Gasteiger partial charge on any atom is -0.480 e. The van der Waals surface area contributed by atoms with E-state index in [9.17, 15) is 8.42 Å². The van der Waals surface area contributed by atoms with Gasteiger partial charge in [0.15, 0.2) is 0 Å². The maximum absolute atomic E-state index is 12.0. The van der Waals surface area contributed by atoms with Crippen LogP contribution < -0.4 is 9.47 Å². The van der Waals surface area contributed by atoms with Gasteiger partial charge in [0, 0.05) is 32.8 Å². The average molecular weight is 302 g/mol. The van der Waals surface area contributed by atoms with Gasteiger partial charge in [-0.15, -0.1) is 10.2 Å². The van der Waals surface area contributed by atoms with E-state index in [-0.39, 0.29) is 6.10 Å². The van der Waals surface area contributed by atoms with Crippen LogP contribution in [0.5, 0.6) is 11.8 Å². The summed E-state index contributed by atoms with van der Waals surface area (Å²) in [7, 11) is 1.15. The molecule has 112 valence electrons. The molecule has 1 aliphatic heterocycles. The highest BCUT2D eigenvalue weighted by atomic mass is 32.2. The molecule has 8 nitrogen and oxygen atoms in total. The van der Waals surface area contributed by atoms with Crippen molar-refractivity contribution in [3.8, 4) is 11.8 Å². The van der Waals surface area contributed by atoms with E-state index in [0.29, 0.717) is 31.3 Å². The number of aromatic nitrogens is 2. The van der Waals surface area contributed by atoms with Crippen molar-refractivity contribution >= 4 is 10.2 Å². The zero-order valence-corrected chi connectivity index (χ0v) is 12.5. The van der Waals surface area contributed by atoms with Gasteiger partial charge in [-0.3, -0.25) is 0 Å². The van der Waals surface area contributed by atoms with Gasteiger partial charge in [-0.05, 0) is 6.42 Å². The van der Waals surface area contributed by atoms with Crippen LogP contribution in [0.3, 0.4) is 0 Å². The molecular weight excluding hydrogens is 284 g/mol. The standard InChI is InChI=1S/C11H18N4O4S/c1-14(2)20(16,17)15-7-6-9(8-15)19-11-5-4-10(18-3)12-13-11/h4-5,9H,6-8H2,1-3H3. The van der Waals surface area contributed by atoms with Gasteiger partial charge in [-0.25, -0.2) is 0 Å². The molecule has 1 aromatic rings. The second-order valence-electron chi connectivity index (χ2n) is 4.59. The summed E-state index contributed by atoms with van der Waals surface area (Å²) in [6.45, 7) is 0.753. The van der Waals surface area contributed by atoms with E-state index in [4.69, 9.17) is 9.47 Å². The molecule has 1 atom stereocenters. The van der Waals surface area contributed by atoms with Gasteiger partial charge in [-0.1, -0.05) is 0 Å². The van der Waals surface area contributed by atoms with Gasteiger partial charge in [0.2, 0.25) is 11.8 Å². The van der Waals surface area contributed by atoms with E-state index in [0.717, 1.165) is 0 Å². The van der Waals surface area contributed by atoms with Crippen LogP contribution in [0.15, 0.2) is 12.1 Å². The zero-order valence-electron chi connectivity index (χ0n) is 11.7. The first-order chi connectivity index (χ1) is 9.43. The van der Waals surface area contributed by atoms with Crippen molar-refractivity contribution in [1.82, 2.24) is 18.8 Å². The smallest absolute Gasteiger partial charge is 0.281 e. The first-order valence-corrected chi connectivity index (χ1v) is 7.55. The Morgan fingerprint density at radius 2 is 1.95 bits per heavy atom. The third-order valence-corrected chi connectivity index (χ3v) is 4.91. The highest BCUT2D eigenvalue weighted by molar-refractivity contribution is 7.86. The molecule has 2 rings (SSSR count). The molecule has 0 saturated carbocycles. The molecule has 20 heavy (non-hydrogen) atoms. The summed E-state index contributed by atoms with van der Waals surface area (Å²) in [6, 6.07) is 3.29. The summed E-state index contributed by atoms with van der Waals surface area (Å²) in [5.74, 6) is 0.764. The molecule has 1 unspecified atom stereocenters. The topological polar surface area (TPSA) is 84.9 Å². The van der Waals surface area contributed by atoms with E-state index in [1.54, 1.807) is 12.1 Å². The lowest BCUT2D eigenvalue weighted by atomic mass is 10.3. The monoisotopic (exact) mass is 302 g/mol. The molecule has 1 aliphatic rings. The summed E-state index contributed by atoms with van der Waals surface area (Å²) in [4.78, 5) is 0. The third-order valence-electron chi connectivity index (χ3n) is 3.01. The van der Waals surface area contributed by atoms with Gasteiger partial charge in [-0.2, -0.15) is 17.0 Å². The lowest BCUT2D eigenvalue weighted by Gasteiger charge is -2.20. The third kappa shape index (κ3) is 3.17. The fourth-order valence-electron chi connectivity index (χ4n) is 1.88. The van der Waals surface area contributed by atoms with Crippen molar-refractivity contribution in [2.45, 2.75) is 12.5 Å². The Labute approximate surface area is 118 Å². The zero-order chi connectivity index (χ0) is 14.8. The second-order valence-corrected chi connectivity index (χ2v) is 6.73. The van der Waals surface area contributed by atoms with Gasteiger partial charge >= 0.3 is 0 Å². The number of nitrogens with zero attached hydrogens (tertiary/aromatic N) is 4. The van der Waals surface area contributed by atoms with E-state index in [2.05, 4.69) is 10.2 Å². The Bertz CT molecular complexity index is 546. The van der Waals surface area contributed by atoms with Crippen LogP contribution in [0.25, 0.3) is 0 Å². The van der Waals surface area contributed by atoms with Gasteiger partial charge in [0.05, 0.1) is 13.7 Å². The fourth-order valence-corrected chi connectivity index (χ4v) is 3.04. The first-order valence-electron chi connectivity index (χ1n) is 6.15. The molecule has 1 fully saturated rings. The maximum atomic E-state index is 12.0. The quantitative estimate of drug-likeness (QED) is 0.745. The highest BCUT2D eigenvalue weighted by Gasteiger charge is 2.34. The van der Waals surface area contributed by atoms with Crippen LogP contribution in [-0.2, 0) is 10.2 Å². The molecule has 1 saturated heterocycles. The van der Waals surface area contributed by atoms with E-state index >= 15 is 0 Å². The summed E-state index contributed by atoms with van der Waals surface area (Å²) in [5, 5.41) is 7.66. The Balaban J connectivity index is 1.96. The Morgan fingerprint density at radius 1 is 1.30 bits per heavy atom. The van der Waals surface area contributed by atoms with Crippen molar-refractivity contribution in [1.29, 1.82) is 0 Å². The molecule has 0 N–H and O–H groups in total. The number of rotatable bonds is 5. The van der Waals surface area contributed by atoms with Crippen LogP contribution >= 0.6 is 0 Å². The Morgan fingerprint density at radius 3 is 2.50 bits per heavy atom. The van der Waals surface area contributed by atoms with Gasteiger partial charge < -0.3 is 9.47 Å². The van der Waals surface area contributed by atoms with Crippen LogP contribution in [-0.4, -0.2) is 67.6 Å². The molecular formula is C11H18N4O4S. The normalized spacial score (nSPS) is 20.3. The van der Waals surface area contributed by atoms with Crippen molar-refractivity contribution < 1.29 is 17.9 Å². The first kappa shape index (κ1) is 14.9. The summed E-state index contributed by atoms with van der Waals surface area (Å²) < 4.78 is 37.1. The predicted molar refractivity (Wildman–Crippen MR) is 71.8 cm³/mol. The van der Waals surface area contributed by atoms with Crippen LogP contribution in [0.4, 0.5) is 0 Å². The second kappa shape index (κ2) is 5.90. The fraction of sp³-hybridized carbons (Fsp3) is 0.636. The van der Waals surface area contributed by atoms with E-state index in [1.165, 1.54) is 29.8 Å². The molecule has 0 radical (unpaired) electrons. The van der Waals surface area contributed by atoms with Crippen LogP contribution in [0.2, 0.25) is 0 Å². The SMILES string of the molecule is COc1ccc(OC2CCN(S(=O)(=O)N(C)C)C2)nn1. The molecule has 0 spiro atoms. The number of hydrogen-bond donors (Lipinski definition) is 0. The average Bonchev–Trinajstić information content (AvgIpc) is 2.88. The Kier molecular flexibility index (Phi) is 4.41. The largest absolute Gasteiger partial charge is 0.480 e. The number of hydrogen-bond acceptors (Lipinski definition) is 6. The molecule has 0 aliphatic carbocycles. The van der Waals surface area contributed by atoms with E-state index in [1.807, 2.05) is 0 Å². The van der Waals surface area contributed by atoms with Crippen molar-refractivity contribution in [3.05, 3.63) is 12.1 Å². The van der Waals surface area contributed by atoms with Crippen LogP contribution in [0, 0.1) is 0 Å². The predicted octanol–water partition coefficient (Wildman–Crippen LogP) is -0.255. The molecule has 0 aromatic carbocycles. The van der Waals surface area contributed by atoms with Gasteiger partial charge in [0.25, 0.3) is 10.2 Å². The minimum absolute atomic E-state index is 0.215. The van der Waals surface area contributed by atoms with Crippen molar-refractivity contribution in [3.63, 3.8) is 0 Å².